The molecule has 0 fully saturated rings. The fourth-order valence-corrected chi connectivity index (χ4v) is 4.80. The molecule has 0 bridgehead atoms. The molecule has 0 saturated heterocycles. The molecule has 7 heteroatoms. The number of hydrogen-bond donors (Lipinski definition) is 2. The number of nitrogens with one attached hydrogen (secondary N) is 1. The van der Waals surface area contributed by atoms with E-state index in [0.717, 1.165) is 5.56 Å². The standard InChI is InChI=1S/C20H30N2O4S/c1-14(2)6-7-17-8-9-20-18(10-17)26-19(11-21-5)15(3)12-22(16(4)13-23)27(20,24)25/h8-10,14-16,19,21,23H,11-13H2,1-5H3/t15-,16+,19+/m0/s1. The maximum Gasteiger partial charge on any atom is 0.247 e. The Morgan fingerprint density at radius 1 is 1.37 bits per heavy atom. The summed E-state index contributed by atoms with van der Waals surface area (Å²) in [5, 5.41) is 12.7. The van der Waals surface area contributed by atoms with E-state index in [0.29, 0.717) is 12.3 Å². The van der Waals surface area contributed by atoms with E-state index in [4.69, 9.17) is 4.74 Å². The number of benzene rings is 1. The minimum absolute atomic E-state index is 0.0558. The van der Waals surface area contributed by atoms with Crippen molar-refractivity contribution in [3.8, 4) is 17.6 Å². The lowest BCUT2D eigenvalue weighted by atomic mass is 10.0. The molecular formula is C20H30N2O4S. The second-order valence-corrected chi connectivity index (χ2v) is 9.24. The van der Waals surface area contributed by atoms with Crippen molar-refractivity contribution < 1.29 is 18.3 Å². The molecule has 0 saturated carbocycles. The smallest absolute Gasteiger partial charge is 0.247 e. The Bertz CT molecular complexity index is 811. The molecule has 2 rings (SSSR count). The van der Waals surface area contributed by atoms with Gasteiger partial charge >= 0.3 is 0 Å². The third-order valence-corrected chi connectivity index (χ3v) is 6.60. The second-order valence-electron chi connectivity index (χ2n) is 7.38. The summed E-state index contributed by atoms with van der Waals surface area (Å²) in [6, 6.07) is 4.44. The second kappa shape index (κ2) is 9.07. The zero-order chi connectivity index (χ0) is 20.2. The quantitative estimate of drug-likeness (QED) is 0.760. The van der Waals surface area contributed by atoms with Gasteiger partial charge < -0.3 is 15.2 Å². The molecule has 150 valence electrons. The third-order valence-electron chi connectivity index (χ3n) is 4.58. The zero-order valence-corrected chi connectivity index (χ0v) is 17.5. The lowest BCUT2D eigenvalue weighted by Crippen LogP contribution is -2.49. The van der Waals surface area contributed by atoms with Crippen LogP contribution in [0.1, 0.15) is 33.3 Å². The largest absolute Gasteiger partial charge is 0.487 e. The fraction of sp³-hybridized carbons (Fsp3) is 0.600. The first kappa shape index (κ1) is 21.7. The highest BCUT2D eigenvalue weighted by Gasteiger charge is 2.37. The maximum atomic E-state index is 13.2. The molecule has 27 heavy (non-hydrogen) atoms. The lowest BCUT2D eigenvalue weighted by molar-refractivity contribution is 0.103. The predicted molar refractivity (Wildman–Crippen MR) is 106 cm³/mol. The minimum atomic E-state index is -3.79. The van der Waals surface area contributed by atoms with E-state index in [1.807, 2.05) is 27.8 Å². The number of ether oxygens (including phenoxy) is 1. The van der Waals surface area contributed by atoms with Gasteiger partial charge in [0.25, 0.3) is 0 Å². The van der Waals surface area contributed by atoms with Gasteiger partial charge in [-0.1, -0.05) is 32.6 Å². The van der Waals surface area contributed by atoms with E-state index in [1.54, 1.807) is 25.1 Å². The normalized spacial score (nSPS) is 23.4. The SMILES string of the molecule is CNC[C@H]1Oc2cc(C#CC(C)C)ccc2S(=O)(=O)N([C@H](C)CO)C[C@@H]1C. The van der Waals surface area contributed by atoms with Gasteiger partial charge in [-0.05, 0) is 32.2 Å². The van der Waals surface area contributed by atoms with E-state index in [1.165, 1.54) is 4.31 Å². The minimum Gasteiger partial charge on any atom is -0.487 e. The van der Waals surface area contributed by atoms with E-state index in [2.05, 4.69) is 17.2 Å². The van der Waals surface area contributed by atoms with Gasteiger partial charge in [0.2, 0.25) is 10.0 Å². The van der Waals surface area contributed by atoms with Crippen molar-refractivity contribution in [2.45, 2.75) is 44.7 Å². The monoisotopic (exact) mass is 394 g/mol. The van der Waals surface area contributed by atoms with Gasteiger partial charge in [-0.2, -0.15) is 4.31 Å². The maximum absolute atomic E-state index is 13.2. The van der Waals surface area contributed by atoms with Crippen LogP contribution < -0.4 is 10.1 Å². The molecule has 0 spiro atoms. The first-order chi connectivity index (χ1) is 12.7. The van der Waals surface area contributed by atoms with Crippen molar-refractivity contribution >= 4 is 10.0 Å². The van der Waals surface area contributed by atoms with Crippen molar-refractivity contribution in [2.24, 2.45) is 11.8 Å². The van der Waals surface area contributed by atoms with Crippen LogP contribution in [-0.4, -0.2) is 56.7 Å². The molecule has 1 heterocycles. The molecule has 0 radical (unpaired) electrons. The highest BCUT2D eigenvalue weighted by molar-refractivity contribution is 7.89. The molecule has 1 aliphatic rings. The van der Waals surface area contributed by atoms with Gasteiger partial charge in [-0.25, -0.2) is 8.42 Å². The summed E-state index contributed by atoms with van der Waals surface area (Å²) in [4.78, 5) is 0.117. The Morgan fingerprint density at radius 2 is 2.07 bits per heavy atom. The van der Waals surface area contributed by atoms with Crippen LogP contribution in [0.4, 0.5) is 0 Å². The number of likely N-dealkylation sites (N-methyl/N-ethyl adjacent to an activating group) is 1. The molecular weight excluding hydrogens is 364 g/mol. The number of nitrogens with zero attached hydrogens (tertiary/aromatic N) is 1. The van der Waals surface area contributed by atoms with Gasteiger partial charge in [-0.3, -0.25) is 0 Å². The van der Waals surface area contributed by atoms with Crippen molar-refractivity contribution in [1.82, 2.24) is 9.62 Å². The molecule has 1 aromatic rings. The van der Waals surface area contributed by atoms with Crippen LogP contribution in [0.3, 0.4) is 0 Å². The molecule has 1 aromatic carbocycles. The van der Waals surface area contributed by atoms with E-state index >= 15 is 0 Å². The third kappa shape index (κ3) is 5.02. The molecule has 1 aliphatic heterocycles. The van der Waals surface area contributed by atoms with Crippen LogP contribution in [0.25, 0.3) is 0 Å². The number of rotatable bonds is 4. The average molecular weight is 395 g/mol. The molecule has 0 amide bonds. The van der Waals surface area contributed by atoms with Gasteiger partial charge in [0.15, 0.2) is 0 Å². The summed E-state index contributed by atoms with van der Waals surface area (Å²) < 4.78 is 34.0. The average Bonchev–Trinajstić information content (AvgIpc) is 2.62. The van der Waals surface area contributed by atoms with Crippen LogP contribution in [0.15, 0.2) is 23.1 Å². The Kier molecular flexibility index (Phi) is 7.29. The Morgan fingerprint density at radius 3 is 2.67 bits per heavy atom. The van der Waals surface area contributed by atoms with Crippen molar-refractivity contribution in [3.05, 3.63) is 23.8 Å². The Balaban J connectivity index is 2.60. The molecule has 0 aliphatic carbocycles. The number of fused-ring (bicyclic) bond motifs is 1. The molecule has 0 unspecified atom stereocenters. The van der Waals surface area contributed by atoms with Gasteiger partial charge in [0, 0.05) is 36.5 Å². The summed E-state index contributed by atoms with van der Waals surface area (Å²) in [6.45, 7) is 8.30. The highest BCUT2D eigenvalue weighted by Crippen LogP contribution is 2.33. The molecule has 2 N–H and O–H groups in total. The predicted octanol–water partition coefficient (Wildman–Crippen LogP) is 1.68. The topological polar surface area (TPSA) is 78.9 Å². The van der Waals surface area contributed by atoms with E-state index in [-0.39, 0.29) is 36.0 Å². The summed E-state index contributed by atoms with van der Waals surface area (Å²) >= 11 is 0. The number of aliphatic hydroxyl groups excluding tert-OH is 1. The van der Waals surface area contributed by atoms with E-state index < -0.39 is 16.1 Å². The Labute approximate surface area is 163 Å². The first-order valence-corrected chi connectivity index (χ1v) is 10.7. The highest BCUT2D eigenvalue weighted by atomic mass is 32.2. The summed E-state index contributed by atoms with van der Waals surface area (Å²) in [7, 11) is -1.96. The number of aliphatic hydroxyl groups is 1. The van der Waals surface area contributed by atoms with Crippen molar-refractivity contribution in [3.63, 3.8) is 0 Å². The Hall–Kier alpha value is -1.59. The molecule has 0 aromatic heterocycles. The van der Waals surface area contributed by atoms with Crippen LogP contribution in [0.2, 0.25) is 0 Å². The van der Waals surface area contributed by atoms with Crippen molar-refractivity contribution in [1.29, 1.82) is 0 Å². The number of hydrogen-bond acceptors (Lipinski definition) is 5. The summed E-state index contributed by atoms with van der Waals surface area (Å²) in [5.41, 5.74) is 0.718. The molecule has 3 atom stereocenters. The van der Waals surface area contributed by atoms with Crippen LogP contribution in [-0.2, 0) is 10.0 Å². The summed E-state index contributed by atoms with van der Waals surface area (Å²) in [6.07, 6.45) is -0.203. The molecule has 6 nitrogen and oxygen atoms in total. The van der Waals surface area contributed by atoms with Gasteiger partial charge in [0.1, 0.15) is 16.7 Å². The summed E-state index contributed by atoms with van der Waals surface area (Å²) in [5.74, 6) is 6.63. The number of sulfonamides is 1. The van der Waals surface area contributed by atoms with Gasteiger partial charge in [0.05, 0.1) is 6.61 Å². The van der Waals surface area contributed by atoms with Crippen molar-refractivity contribution in [2.75, 3.05) is 26.7 Å². The van der Waals surface area contributed by atoms with Crippen LogP contribution in [0, 0.1) is 23.7 Å². The fourth-order valence-electron chi connectivity index (χ4n) is 2.98. The first-order valence-electron chi connectivity index (χ1n) is 9.30. The van der Waals surface area contributed by atoms with Gasteiger partial charge in [-0.15, -0.1) is 0 Å². The van der Waals surface area contributed by atoms with E-state index in [9.17, 15) is 13.5 Å². The van der Waals surface area contributed by atoms with Crippen LogP contribution in [0.5, 0.6) is 5.75 Å². The van der Waals surface area contributed by atoms with Crippen LogP contribution >= 0.6 is 0 Å². The zero-order valence-electron chi connectivity index (χ0n) is 16.7. The lowest BCUT2D eigenvalue weighted by Gasteiger charge is -2.36.